The highest BCUT2D eigenvalue weighted by Crippen LogP contribution is 2.47. The van der Waals surface area contributed by atoms with Crippen LogP contribution in [0.25, 0.3) is 0 Å². The summed E-state index contributed by atoms with van der Waals surface area (Å²) in [6, 6.07) is 0. The van der Waals surface area contributed by atoms with Crippen molar-refractivity contribution < 1.29 is 18.7 Å². The zero-order valence-electron chi connectivity index (χ0n) is 17.1. The minimum Gasteiger partial charge on any atom is -0.473 e. The van der Waals surface area contributed by atoms with Gasteiger partial charge in [0.05, 0.1) is 25.1 Å². The number of aliphatic imine (C=N–C) groups is 1. The van der Waals surface area contributed by atoms with E-state index < -0.39 is 17.6 Å². The second-order valence-electron chi connectivity index (χ2n) is 7.56. The van der Waals surface area contributed by atoms with Crippen molar-refractivity contribution in [1.82, 2.24) is 15.0 Å². The first kappa shape index (κ1) is 21.9. The molecule has 2 aromatic rings. The smallest absolute Gasteiger partial charge is 0.277 e. The molecule has 12 heteroatoms. The Morgan fingerprint density at radius 2 is 2.32 bits per heavy atom. The molecule has 4 rings (SSSR count). The van der Waals surface area contributed by atoms with Crippen LogP contribution in [0.5, 0.6) is 5.88 Å². The minimum atomic E-state index is -1.12. The van der Waals surface area contributed by atoms with E-state index in [0.29, 0.717) is 17.6 Å². The number of rotatable bonds is 6. The Morgan fingerprint density at radius 3 is 3.06 bits per heavy atom. The maximum absolute atomic E-state index is 12.9. The summed E-state index contributed by atoms with van der Waals surface area (Å²) in [5.74, 6) is 1.21. The molecule has 4 atom stereocenters. The van der Waals surface area contributed by atoms with Crippen LogP contribution >= 0.6 is 23.1 Å². The van der Waals surface area contributed by atoms with Gasteiger partial charge in [-0.05, 0) is 20.3 Å². The Kier molecular flexibility index (Phi) is 6.39. The normalized spacial score (nSPS) is 26.5. The Labute approximate surface area is 187 Å². The van der Waals surface area contributed by atoms with Crippen LogP contribution in [0.4, 0.5) is 10.2 Å². The molecule has 0 radical (unpaired) electrons. The SMILES string of the molecule is C[C@@H](F)COc1cnc(C(=O)Nc2csc(C34CO[C@@H](C)C[C@H]3CSC(N)=N4)n2)cn1. The van der Waals surface area contributed by atoms with Crippen molar-refractivity contribution in [2.45, 2.75) is 38.1 Å². The highest BCUT2D eigenvalue weighted by Gasteiger charge is 2.49. The number of amides is 1. The highest BCUT2D eigenvalue weighted by atomic mass is 32.2. The van der Waals surface area contributed by atoms with Crippen molar-refractivity contribution in [2.24, 2.45) is 16.6 Å². The molecule has 2 aromatic heterocycles. The minimum absolute atomic E-state index is 0.0948. The van der Waals surface area contributed by atoms with Gasteiger partial charge in [-0.3, -0.25) is 4.79 Å². The Bertz CT molecular complexity index is 970. The summed E-state index contributed by atoms with van der Waals surface area (Å²) in [7, 11) is 0. The summed E-state index contributed by atoms with van der Waals surface area (Å²) >= 11 is 2.97. The summed E-state index contributed by atoms with van der Waals surface area (Å²) in [6.07, 6.45) is 2.46. The lowest BCUT2D eigenvalue weighted by Gasteiger charge is -2.44. The van der Waals surface area contributed by atoms with E-state index in [4.69, 9.17) is 20.2 Å². The summed E-state index contributed by atoms with van der Waals surface area (Å²) in [5.41, 5.74) is 5.50. The van der Waals surface area contributed by atoms with E-state index in [0.717, 1.165) is 17.2 Å². The molecule has 1 amide bonds. The quantitative estimate of drug-likeness (QED) is 0.666. The summed E-state index contributed by atoms with van der Waals surface area (Å²) < 4.78 is 23.9. The number of thioether (sulfide) groups is 1. The molecule has 1 saturated heterocycles. The number of nitrogens with one attached hydrogen (secondary N) is 1. The number of amidine groups is 1. The number of thiazole rings is 1. The second-order valence-corrected chi connectivity index (χ2v) is 9.46. The average molecular weight is 467 g/mol. The number of nitrogens with zero attached hydrogens (tertiary/aromatic N) is 4. The van der Waals surface area contributed by atoms with Gasteiger partial charge in [0.2, 0.25) is 5.88 Å². The third kappa shape index (κ3) is 4.80. The van der Waals surface area contributed by atoms with Crippen molar-refractivity contribution in [3.05, 3.63) is 28.5 Å². The molecule has 0 aromatic carbocycles. The van der Waals surface area contributed by atoms with Crippen molar-refractivity contribution in [2.75, 3.05) is 24.3 Å². The lowest BCUT2D eigenvalue weighted by molar-refractivity contribution is -0.0466. The van der Waals surface area contributed by atoms with E-state index in [1.807, 2.05) is 0 Å². The fourth-order valence-electron chi connectivity index (χ4n) is 3.50. The monoisotopic (exact) mass is 466 g/mol. The van der Waals surface area contributed by atoms with Gasteiger partial charge in [0.15, 0.2) is 5.17 Å². The van der Waals surface area contributed by atoms with Crippen molar-refractivity contribution in [3.8, 4) is 5.88 Å². The molecule has 31 heavy (non-hydrogen) atoms. The third-order valence-electron chi connectivity index (χ3n) is 5.06. The van der Waals surface area contributed by atoms with Crippen LogP contribution in [0.15, 0.2) is 22.8 Å². The number of anilines is 1. The molecule has 9 nitrogen and oxygen atoms in total. The van der Waals surface area contributed by atoms with Crippen LogP contribution in [-0.4, -0.2) is 57.3 Å². The number of hydrogen-bond donors (Lipinski definition) is 2. The number of halogens is 1. The molecule has 0 saturated carbocycles. The fraction of sp³-hybridized carbons (Fsp3) is 0.526. The number of carbonyl (C=O) groups excluding carboxylic acids is 1. The molecule has 0 spiro atoms. The predicted octanol–water partition coefficient (Wildman–Crippen LogP) is 2.60. The number of carbonyl (C=O) groups is 1. The van der Waals surface area contributed by atoms with Crippen LogP contribution in [0.2, 0.25) is 0 Å². The number of aromatic nitrogens is 3. The van der Waals surface area contributed by atoms with Gasteiger partial charge in [-0.2, -0.15) is 0 Å². The van der Waals surface area contributed by atoms with Crippen molar-refractivity contribution >= 4 is 40.0 Å². The maximum Gasteiger partial charge on any atom is 0.277 e. The zero-order chi connectivity index (χ0) is 22.0. The lowest BCUT2D eigenvalue weighted by atomic mass is 9.80. The second kappa shape index (κ2) is 9.05. The predicted molar refractivity (Wildman–Crippen MR) is 117 cm³/mol. The van der Waals surface area contributed by atoms with Crippen molar-refractivity contribution in [3.63, 3.8) is 0 Å². The fourth-order valence-corrected chi connectivity index (χ4v) is 5.47. The first-order valence-electron chi connectivity index (χ1n) is 9.81. The molecule has 166 valence electrons. The maximum atomic E-state index is 12.9. The van der Waals surface area contributed by atoms with Crippen LogP contribution in [0.3, 0.4) is 0 Å². The summed E-state index contributed by atoms with van der Waals surface area (Å²) in [4.78, 5) is 29.9. The van der Waals surface area contributed by atoms with Gasteiger partial charge in [-0.1, -0.05) is 11.8 Å². The standard InChI is InChI=1S/C19H23FN6O3S2/c1-10(20)6-28-15-5-22-13(4-23-15)16(27)24-14-8-30-17(25-14)19-9-29-11(2)3-12(19)7-31-18(21)26-19/h4-5,8,10-12H,3,6-7,9H2,1-2H3,(H2,21,26)(H,24,27)/t10-,11+,12+,19?/m1/s1. The molecule has 4 heterocycles. The van der Waals surface area contributed by atoms with E-state index in [1.165, 1.54) is 30.7 Å². The van der Waals surface area contributed by atoms with Crippen LogP contribution < -0.4 is 15.8 Å². The molecular formula is C19H23FN6O3S2. The van der Waals surface area contributed by atoms with E-state index >= 15 is 0 Å². The Morgan fingerprint density at radius 1 is 1.48 bits per heavy atom. The van der Waals surface area contributed by atoms with Crippen LogP contribution in [-0.2, 0) is 10.3 Å². The lowest BCUT2D eigenvalue weighted by Crippen LogP contribution is -2.49. The molecule has 2 aliphatic rings. The number of alkyl halides is 1. The van der Waals surface area contributed by atoms with E-state index in [2.05, 4.69) is 27.2 Å². The van der Waals surface area contributed by atoms with Gasteiger partial charge in [0.25, 0.3) is 5.91 Å². The first-order valence-corrected chi connectivity index (χ1v) is 11.7. The number of fused-ring (bicyclic) bond motifs is 1. The molecule has 3 N–H and O–H groups in total. The third-order valence-corrected chi connectivity index (χ3v) is 7.02. The Balaban J connectivity index is 1.47. The van der Waals surface area contributed by atoms with E-state index in [1.54, 1.807) is 17.1 Å². The zero-order valence-corrected chi connectivity index (χ0v) is 18.7. The van der Waals surface area contributed by atoms with Crippen molar-refractivity contribution in [1.29, 1.82) is 0 Å². The molecule has 2 aliphatic heterocycles. The average Bonchev–Trinajstić information content (AvgIpc) is 3.22. The van der Waals surface area contributed by atoms with Gasteiger partial charge in [-0.15, -0.1) is 11.3 Å². The van der Waals surface area contributed by atoms with E-state index in [-0.39, 0.29) is 30.2 Å². The molecule has 0 bridgehead atoms. The van der Waals surface area contributed by atoms with Gasteiger partial charge < -0.3 is 20.5 Å². The summed E-state index contributed by atoms with van der Waals surface area (Å²) in [5, 5.41) is 5.78. The largest absolute Gasteiger partial charge is 0.473 e. The number of nitrogens with two attached hydrogens (primary N) is 1. The topological polar surface area (TPSA) is 125 Å². The Hall–Kier alpha value is -2.31. The summed E-state index contributed by atoms with van der Waals surface area (Å²) in [6.45, 7) is 3.72. The molecule has 1 unspecified atom stereocenters. The van der Waals surface area contributed by atoms with Gasteiger partial charge in [-0.25, -0.2) is 24.3 Å². The number of ether oxygens (including phenoxy) is 2. The van der Waals surface area contributed by atoms with Gasteiger partial charge in [0.1, 0.15) is 34.8 Å². The van der Waals surface area contributed by atoms with Crippen LogP contribution in [0, 0.1) is 5.92 Å². The molecular weight excluding hydrogens is 443 g/mol. The number of hydrogen-bond acceptors (Lipinski definition) is 10. The molecule has 0 aliphatic carbocycles. The van der Waals surface area contributed by atoms with Gasteiger partial charge in [0, 0.05) is 17.1 Å². The molecule has 1 fully saturated rings. The van der Waals surface area contributed by atoms with E-state index in [9.17, 15) is 9.18 Å². The van der Waals surface area contributed by atoms with Crippen LogP contribution in [0.1, 0.15) is 35.8 Å². The van der Waals surface area contributed by atoms with Gasteiger partial charge >= 0.3 is 0 Å². The highest BCUT2D eigenvalue weighted by molar-refractivity contribution is 8.13. The first-order chi connectivity index (χ1) is 14.9.